The summed E-state index contributed by atoms with van der Waals surface area (Å²) in [6, 6.07) is 3.66. The minimum atomic E-state index is -1.63. The summed E-state index contributed by atoms with van der Waals surface area (Å²) in [6.07, 6.45) is 0.792. The first-order valence-corrected chi connectivity index (χ1v) is 6.98. The molecule has 0 aliphatic rings. The van der Waals surface area contributed by atoms with Crippen LogP contribution in [0.25, 0.3) is 0 Å². The van der Waals surface area contributed by atoms with Crippen molar-refractivity contribution >= 4 is 22.4 Å². The van der Waals surface area contributed by atoms with Crippen molar-refractivity contribution in [1.29, 1.82) is 0 Å². The third kappa shape index (κ3) is 4.10. The number of benzene rings is 1. The van der Waals surface area contributed by atoms with Crippen LogP contribution in [0.15, 0.2) is 23.1 Å². The second kappa shape index (κ2) is 6.49. The normalized spacial score (nSPS) is 13.9. The number of nitrogen functional groups attached to an aromatic ring is 1. The number of rotatable bonds is 5. The summed E-state index contributed by atoms with van der Waals surface area (Å²) in [6.45, 7) is 3.80. The number of hydrogen-bond donors (Lipinski definition) is 2. The van der Waals surface area contributed by atoms with Gasteiger partial charge in [0.2, 0.25) is 5.91 Å². The Morgan fingerprint density at radius 3 is 2.83 bits per heavy atom. The molecule has 3 N–H and O–H groups in total. The molecule has 1 aromatic carbocycles. The van der Waals surface area contributed by atoms with Crippen molar-refractivity contribution in [2.24, 2.45) is 0 Å². The van der Waals surface area contributed by atoms with Crippen molar-refractivity contribution in [3.05, 3.63) is 24.0 Å². The van der Waals surface area contributed by atoms with Gasteiger partial charge in [0.05, 0.1) is 15.7 Å². The summed E-state index contributed by atoms with van der Waals surface area (Å²) in [5, 5.41) is 2.70. The monoisotopic (exact) mass is 272 g/mol. The van der Waals surface area contributed by atoms with Crippen molar-refractivity contribution in [3.63, 3.8) is 0 Å². The maximum absolute atomic E-state index is 13.0. The highest BCUT2D eigenvalue weighted by molar-refractivity contribution is 7.86. The molecule has 2 atom stereocenters. The van der Waals surface area contributed by atoms with Gasteiger partial charge in [-0.3, -0.25) is 9.00 Å². The van der Waals surface area contributed by atoms with E-state index in [9.17, 15) is 13.4 Å². The molecule has 2 unspecified atom stereocenters. The predicted octanol–water partition coefficient (Wildman–Crippen LogP) is 1.43. The Bertz CT molecular complexity index is 465. The van der Waals surface area contributed by atoms with Gasteiger partial charge >= 0.3 is 0 Å². The number of nitrogens with two attached hydrogens (primary N) is 1. The summed E-state index contributed by atoms with van der Waals surface area (Å²) in [4.78, 5) is 11.7. The van der Waals surface area contributed by atoms with Crippen molar-refractivity contribution in [2.75, 3.05) is 11.5 Å². The number of carbonyl (C=O) groups is 1. The molecule has 1 rings (SSSR count). The van der Waals surface area contributed by atoms with Crippen LogP contribution in [0, 0.1) is 5.82 Å². The number of carbonyl (C=O) groups excluding carboxylic acids is 1. The van der Waals surface area contributed by atoms with Crippen LogP contribution in [0.2, 0.25) is 0 Å². The molecule has 0 spiro atoms. The molecule has 6 heteroatoms. The van der Waals surface area contributed by atoms with Gasteiger partial charge in [-0.15, -0.1) is 0 Å². The van der Waals surface area contributed by atoms with E-state index in [-0.39, 0.29) is 28.3 Å². The van der Waals surface area contributed by atoms with Gasteiger partial charge < -0.3 is 11.1 Å². The molecular formula is C12H17FN2O2S. The van der Waals surface area contributed by atoms with Crippen molar-refractivity contribution in [3.8, 4) is 0 Å². The molecule has 0 aromatic heterocycles. The van der Waals surface area contributed by atoms with E-state index >= 15 is 0 Å². The van der Waals surface area contributed by atoms with Crippen LogP contribution in [0.5, 0.6) is 0 Å². The lowest BCUT2D eigenvalue weighted by atomic mass is 10.3. The van der Waals surface area contributed by atoms with E-state index in [4.69, 9.17) is 5.73 Å². The van der Waals surface area contributed by atoms with Gasteiger partial charge in [-0.2, -0.15) is 0 Å². The molecule has 0 aliphatic carbocycles. The lowest BCUT2D eigenvalue weighted by Gasteiger charge is -2.11. The van der Waals surface area contributed by atoms with Gasteiger partial charge in [0.15, 0.2) is 0 Å². The smallest absolute Gasteiger partial charge is 0.233 e. The average molecular weight is 272 g/mol. The second-order valence-corrected chi connectivity index (χ2v) is 5.47. The summed E-state index contributed by atoms with van der Waals surface area (Å²) in [5.74, 6) is -1.06. The van der Waals surface area contributed by atoms with Crippen LogP contribution in [-0.4, -0.2) is 21.9 Å². The van der Waals surface area contributed by atoms with E-state index in [2.05, 4.69) is 5.32 Å². The molecule has 0 radical (unpaired) electrons. The molecule has 4 nitrogen and oxygen atoms in total. The van der Waals surface area contributed by atoms with Crippen molar-refractivity contribution < 1.29 is 13.4 Å². The van der Waals surface area contributed by atoms with Gasteiger partial charge in [-0.25, -0.2) is 4.39 Å². The van der Waals surface area contributed by atoms with E-state index in [1.807, 2.05) is 13.8 Å². The number of anilines is 1. The summed E-state index contributed by atoms with van der Waals surface area (Å²) in [5.41, 5.74) is 5.83. The lowest BCUT2D eigenvalue weighted by molar-refractivity contribution is -0.119. The van der Waals surface area contributed by atoms with Gasteiger partial charge in [0.1, 0.15) is 11.6 Å². The van der Waals surface area contributed by atoms with Crippen LogP contribution >= 0.6 is 0 Å². The highest BCUT2D eigenvalue weighted by Gasteiger charge is 2.14. The van der Waals surface area contributed by atoms with Crippen LogP contribution < -0.4 is 11.1 Å². The molecule has 18 heavy (non-hydrogen) atoms. The summed E-state index contributed by atoms with van der Waals surface area (Å²) in [7, 11) is -1.63. The Balaban J connectivity index is 2.71. The maximum atomic E-state index is 13.0. The fourth-order valence-electron chi connectivity index (χ4n) is 1.32. The molecule has 0 heterocycles. The fraction of sp³-hybridized carbons (Fsp3) is 0.417. The van der Waals surface area contributed by atoms with Crippen molar-refractivity contribution in [1.82, 2.24) is 5.32 Å². The first-order chi connectivity index (χ1) is 8.43. The molecule has 0 aliphatic heterocycles. The van der Waals surface area contributed by atoms with E-state index in [1.54, 1.807) is 0 Å². The quantitative estimate of drug-likeness (QED) is 0.796. The molecule has 0 saturated carbocycles. The lowest BCUT2D eigenvalue weighted by Crippen LogP contribution is -2.35. The Morgan fingerprint density at radius 1 is 1.56 bits per heavy atom. The average Bonchev–Trinajstić information content (AvgIpc) is 2.31. The molecule has 0 saturated heterocycles. The van der Waals surface area contributed by atoms with Crippen LogP contribution in [-0.2, 0) is 15.6 Å². The second-order valence-electron chi connectivity index (χ2n) is 4.05. The Hall–Kier alpha value is -1.43. The number of hydrogen-bond acceptors (Lipinski definition) is 3. The number of halogens is 1. The zero-order valence-electron chi connectivity index (χ0n) is 10.4. The summed E-state index contributed by atoms with van der Waals surface area (Å²) >= 11 is 0. The third-order valence-corrected chi connectivity index (χ3v) is 3.87. The van der Waals surface area contributed by atoms with E-state index < -0.39 is 16.6 Å². The minimum absolute atomic E-state index is 0.0272. The van der Waals surface area contributed by atoms with Crippen LogP contribution in [0.3, 0.4) is 0 Å². The molecule has 1 amide bonds. The summed E-state index contributed by atoms with van der Waals surface area (Å²) < 4.78 is 24.9. The SMILES string of the molecule is CCC(C)NC(=O)CS(=O)c1cc(F)ccc1N. The Labute approximate surface area is 108 Å². The zero-order chi connectivity index (χ0) is 13.7. The first-order valence-electron chi connectivity index (χ1n) is 5.66. The van der Waals surface area contributed by atoms with Gasteiger partial charge in [-0.1, -0.05) is 6.92 Å². The van der Waals surface area contributed by atoms with Gasteiger partial charge in [0, 0.05) is 11.7 Å². The predicted molar refractivity (Wildman–Crippen MR) is 70.0 cm³/mol. The van der Waals surface area contributed by atoms with Gasteiger partial charge in [-0.05, 0) is 31.5 Å². The van der Waals surface area contributed by atoms with E-state index in [0.29, 0.717) is 0 Å². The van der Waals surface area contributed by atoms with Crippen LogP contribution in [0.1, 0.15) is 20.3 Å². The zero-order valence-corrected chi connectivity index (χ0v) is 11.2. The molecule has 0 bridgehead atoms. The highest BCUT2D eigenvalue weighted by Crippen LogP contribution is 2.17. The van der Waals surface area contributed by atoms with E-state index in [1.165, 1.54) is 12.1 Å². The first kappa shape index (κ1) is 14.6. The van der Waals surface area contributed by atoms with Crippen molar-refractivity contribution in [2.45, 2.75) is 31.2 Å². The van der Waals surface area contributed by atoms with Crippen LogP contribution in [0.4, 0.5) is 10.1 Å². The molecular weight excluding hydrogens is 255 g/mol. The Kier molecular flexibility index (Phi) is 5.27. The van der Waals surface area contributed by atoms with E-state index in [0.717, 1.165) is 12.5 Å². The topological polar surface area (TPSA) is 72.2 Å². The standard InChI is InChI=1S/C12H17FN2O2S/c1-3-8(2)15-12(16)7-18(17)11-6-9(13)4-5-10(11)14/h4-6,8H,3,7,14H2,1-2H3,(H,15,16). The Morgan fingerprint density at radius 2 is 2.22 bits per heavy atom. The maximum Gasteiger partial charge on any atom is 0.233 e. The number of nitrogens with one attached hydrogen (secondary N) is 1. The fourth-order valence-corrected chi connectivity index (χ4v) is 2.37. The third-order valence-electron chi connectivity index (χ3n) is 2.50. The molecule has 1 aromatic rings. The van der Waals surface area contributed by atoms with Gasteiger partial charge in [0.25, 0.3) is 0 Å². The molecule has 100 valence electrons. The largest absolute Gasteiger partial charge is 0.398 e. The molecule has 0 fully saturated rings. The highest BCUT2D eigenvalue weighted by atomic mass is 32.2. The number of amides is 1. The minimum Gasteiger partial charge on any atom is -0.398 e.